The summed E-state index contributed by atoms with van der Waals surface area (Å²) in [7, 11) is 0. The summed E-state index contributed by atoms with van der Waals surface area (Å²) >= 11 is 0. The minimum absolute atomic E-state index is 0.0658. The topological polar surface area (TPSA) is 54.3 Å². The number of rotatable bonds is 7. The lowest BCUT2D eigenvalue weighted by molar-refractivity contribution is -0.136. The molecule has 8 heteroatoms. The Hall–Kier alpha value is -1.57. The van der Waals surface area contributed by atoms with Crippen LogP contribution in [0, 0.1) is 17.3 Å². The first kappa shape index (κ1) is 23.6. The van der Waals surface area contributed by atoms with Crippen LogP contribution in [-0.4, -0.2) is 68.8 Å². The van der Waals surface area contributed by atoms with Crippen LogP contribution in [0.5, 0.6) is 0 Å². The van der Waals surface area contributed by atoms with Crippen LogP contribution in [0.2, 0.25) is 0 Å². The van der Waals surface area contributed by atoms with Crippen molar-refractivity contribution in [2.24, 2.45) is 17.3 Å². The van der Waals surface area contributed by atoms with E-state index in [2.05, 4.69) is 42.9 Å². The summed E-state index contributed by atoms with van der Waals surface area (Å²) in [5.74, 6) is -2.37. The fourth-order valence-electron chi connectivity index (χ4n) is 5.47. The Labute approximate surface area is 190 Å². The van der Waals surface area contributed by atoms with Crippen LogP contribution in [0.4, 0.5) is 8.78 Å². The van der Waals surface area contributed by atoms with Gasteiger partial charge in [0.2, 0.25) is 5.91 Å². The molecule has 0 aromatic carbocycles. The summed E-state index contributed by atoms with van der Waals surface area (Å²) in [6.07, 6.45) is 7.27. The molecule has 180 valence electrons. The van der Waals surface area contributed by atoms with Crippen molar-refractivity contribution in [3.05, 3.63) is 11.9 Å². The lowest BCUT2D eigenvalue weighted by Crippen LogP contribution is -2.41. The second-order valence-corrected chi connectivity index (χ2v) is 11.4. The number of carbonyl (C=O) groups excluding carboxylic acids is 1. The third-order valence-electron chi connectivity index (χ3n) is 7.71. The Bertz CT molecular complexity index is 797. The molecule has 0 radical (unpaired) electrons. The van der Waals surface area contributed by atoms with Gasteiger partial charge in [0.1, 0.15) is 0 Å². The van der Waals surface area contributed by atoms with Crippen LogP contribution in [0.1, 0.15) is 77.8 Å². The van der Waals surface area contributed by atoms with Crippen molar-refractivity contribution in [2.45, 2.75) is 90.6 Å². The van der Waals surface area contributed by atoms with E-state index >= 15 is 0 Å². The molecule has 3 heterocycles. The highest BCUT2D eigenvalue weighted by molar-refractivity contribution is 5.84. The zero-order valence-corrected chi connectivity index (χ0v) is 20.1. The van der Waals surface area contributed by atoms with Crippen molar-refractivity contribution in [1.29, 1.82) is 0 Å². The van der Waals surface area contributed by atoms with Gasteiger partial charge in [-0.25, -0.2) is 8.78 Å². The van der Waals surface area contributed by atoms with Crippen LogP contribution in [0.3, 0.4) is 0 Å². The standard InChI is InChI=1S/C24H39F2N5O/c1-17-6-5-10-31(17)22(32)21(23(2,3)4)20-16-30(28-27-20)13-9-18-7-11-29(12-8-18)15-19-14-24(19,25)26/h16-19,21H,5-15H2,1-4H3. The van der Waals surface area contributed by atoms with Crippen LogP contribution in [0.25, 0.3) is 0 Å². The third-order valence-corrected chi connectivity index (χ3v) is 7.71. The second kappa shape index (κ2) is 8.99. The average molecular weight is 452 g/mol. The Morgan fingerprint density at radius 1 is 1.22 bits per heavy atom. The van der Waals surface area contributed by atoms with Gasteiger partial charge in [-0.05, 0) is 63.5 Å². The van der Waals surface area contributed by atoms with E-state index in [1.807, 2.05) is 15.8 Å². The number of hydrogen-bond donors (Lipinski definition) is 0. The molecule has 3 fully saturated rings. The quantitative estimate of drug-likeness (QED) is 0.624. The molecule has 1 aromatic heterocycles. The molecule has 0 spiro atoms. The molecular formula is C24H39F2N5O. The Morgan fingerprint density at radius 3 is 2.47 bits per heavy atom. The minimum atomic E-state index is -2.42. The number of hydrogen-bond acceptors (Lipinski definition) is 4. The molecule has 6 nitrogen and oxygen atoms in total. The Morgan fingerprint density at radius 2 is 1.91 bits per heavy atom. The van der Waals surface area contributed by atoms with Crippen molar-refractivity contribution in [3.8, 4) is 0 Å². The molecule has 1 amide bonds. The molecule has 3 atom stereocenters. The number of aromatic nitrogens is 3. The van der Waals surface area contributed by atoms with E-state index in [1.54, 1.807) is 0 Å². The zero-order valence-electron chi connectivity index (χ0n) is 20.1. The maximum Gasteiger partial charge on any atom is 0.252 e. The lowest BCUT2D eigenvalue weighted by Gasteiger charge is -2.33. The number of likely N-dealkylation sites (tertiary alicyclic amines) is 2. The van der Waals surface area contributed by atoms with E-state index in [4.69, 9.17) is 0 Å². The van der Waals surface area contributed by atoms with Gasteiger partial charge in [0.25, 0.3) is 5.92 Å². The molecule has 32 heavy (non-hydrogen) atoms. The van der Waals surface area contributed by atoms with E-state index in [0.717, 1.165) is 64.0 Å². The average Bonchev–Trinajstić information content (AvgIpc) is 3.08. The maximum atomic E-state index is 13.4. The van der Waals surface area contributed by atoms with Crippen LogP contribution < -0.4 is 0 Å². The lowest BCUT2D eigenvalue weighted by atomic mass is 9.78. The number of halogens is 2. The van der Waals surface area contributed by atoms with Crippen molar-refractivity contribution < 1.29 is 13.6 Å². The molecule has 1 aliphatic carbocycles. The summed E-state index contributed by atoms with van der Waals surface area (Å²) in [4.78, 5) is 17.6. The summed E-state index contributed by atoms with van der Waals surface area (Å²) < 4.78 is 28.2. The molecule has 1 saturated carbocycles. The van der Waals surface area contributed by atoms with Gasteiger partial charge in [-0.2, -0.15) is 0 Å². The van der Waals surface area contributed by atoms with E-state index in [0.29, 0.717) is 18.5 Å². The van der Waals surface area contributed by atoms with E-state index in [-0.39, 0.29) is 23.7 Å². The zero-order chi connectivity index (χ0) is 23.1. The van der Waals surface area contributed by atoms with Gasteiger partial charge >= 0.3 is 0 Å². The highest BCUT2D eigenvalue weighted by Crippen LogP contribution is 2.49. The van der Waals surface area contributed by atoms with E-state index in [9.17, 15) is 13.6 Å². The van der Waals surface area contributed by atoms with Gasteiger partial charge < -0.3 is 9.80 Å². The molecule has 3 aliphatic rings. The smallest absolute Gasteiger partial charge is 0.252 e. The maximum absolute atomic E-state index is 13.4. The van der Waals surface area contributed by atoms with Crippen LogP contribution in [-0.2, 0) is 11.3 Å². The first-order valence-corrected chi connectivity index (χ1v) is 12.4. The van der Waals surface area contributed by atoms with Gasteiger partial charge in [0, 0.05) is 44.2 Å². The van der Waals surface area contributed by atoms with Gasteiger partial charge in [0.05, 0.1) is 11.6 Å². The number of piperidine rings is 1. The normalized spacial score (nSPS) is 27.6. The molecular weight excluding hydrogens is 412 g/mol. The van der Waals surface area contributed by atoms with E-state index in [1.165, 1.54) is 0 Å². The molecule has 2 saturated heterocycles. The predicted molar refractivity (Wildman–Crippen MR) is 119 cm³/mol. The van der Waals surface area contributed by atoms with Crippen molar-refractivity contribution in [3.63, 3.8) is 0 Å². The fourth-order valence-corrected chi connectivity index (χ4v) is 5.47. The van der Waals surface area contributed by atoms with Gasteiger partial charge in [-0.3, -0.25) is 9.48 Å². The predicted octanol–water partition coefficient (Wildman–Crippen LogP) is 4.18. The molecule has 0 N–H and O–H groups in total. The van der Waals surface area contributed by atoms with Crippen molar-refractivity contribution >= 4 is 5.91 Å². The van der Waals surface area contributed by atoms with E-state index < -0.39 is 11.8 Å². The third kappa shape index (κ3) is 5.32. The second-order valence-electron chi connectivity index (χ2n) is 11.4. The molecule has 3 unspecified atom stereocenters. The summed E-state index contributed by atoms with van der Waals surface area (Å²) in [5, 5.41) is 8.76. The van der Waals surface area contributed by atoms with Gasteiger partial charge in [-0.15, -0.1) is 5.10 Å². The van der Waals surface area contributed by atoms with Crippen molar-refractivity contribution in [1.82, 2.24) is 24.8 Å². The molecule has 4 rings (SSSR count). The van der Waals surface area contributed by atoms with Crippen LogP contribution >= 0.6 is 0 Å². The largest absolute Gasteiger partial charge is 0.339 e. The number of alkyl halides is 2. The van der Waals surface area contributed by atoms with Crippen LogP contribution in [0.15, 0.2) is 6.20 Å². The highest BCUT2D eigenvalue weighted by Gasteiger charge is 2.57. The van der Waals surface area contributed by atoms with Crippen molar-refractivity contribution in [2.75, 3.05) is 26.2 Å². The number of aryl methyl sites for hydroxylation is 1. The number of amides is 1. The Balaban J connectivity index is 1.29. The Kier molecular flexibility index (Phi) is 6.63. The molecule has 0 bridgehead atoms. The SMILES string of the molecule is CC1CCCN1C(=O)C(c1cn(CCC2CCN(CC3CC3(F)F)CC2)nn1)C(C)(C)C. The first-order valence-electron chi connectivity index (χ1n) is 12.4. The molecule has 1 aromatic rings. The highest BCUT2D eigenvalue weighted by atomic mass is 19.3. The summed E-state index contributed by atoms with van der Waals surface area (Å²) in [6.45, 7) is 12.4. The minimum Gasteiger partial charge on any atom is -0.339 e. The van der Waals surface area contributed by atoms with Gasteiger partial charge in [0.15, 0.2) is 0 Å². The number of nitrogens with zero attached hydrogens (tertiary/aromatic N) is 5. The molecule has 2 aliphatic heterocycles. The van der Waals surface area contributed by atoms with Gasteiger partial charge in [-0.1, -0.05) is 26.0 Å². The summed E-state index contributed by atoms with van der Waals surface area (Å²) in [5.41, 5.74) is 0.535. The monoisotopic (exact) mass is 451 g/mol. The first-order chi connectivity index (χ1) is 15.0. The summed E-state index contributed by atoms with van der Waals surface area (Å²) in [6, 6.07) is 0.291. The fraction of sp³-hybridized carbons (Fsp3) is 0.875. The number of carbonyl (C=O) groups is 1.